The molecule has 0 fully saturated rings. The van der Waals surface area contributed by atoms with Crippen molar-refractivity contribution < 1.29 is 0 Å². The van der Waals surface area contributed by atoms with E-state index >= 15 is 0 Å². The summed E-state index contributed by atoms with van der Waals surface area (Å²) in [6.07, 6.45) is 0. The summed E-state index contributed by atoms with van der Waals surface area (Å²) in [6, 6.07) is 9.10. The summed E-state index contributed by atoms with van der Waals surface area (Å²) in [5.41, 5.74) is 6.35. The minimum absolute atomic E-state index is 0.494. The SMILES string of the molecule is N#C[C@H](N)c1ccc(I)cc1. The summed E-state index contributed by atoms with van der Waals surface area (Å²) >= 11 is 2.21. The highest BCUT2D eigenvalue weighted by Crippen LogP contribution is 2.11. The van der Waals surface area contributed by atoms with E-state index < -0.39 is 6.04 Å². The van der Waals surface area contributed by atoms with Crippen molar-refractivity contribution in [3.05, 3.63) is 33.4 Å². The number of nitrogens with zero attached hydrogens (tertiary/aromatic N) is 1. The molecule has 3 heteroatoms. The van der Waals surface area contributed by atoms with Crippen LogP contribution in [0, 0.1) is 14.9 Å². The summed E-state index contributed by atoms with van der Waals surface area (Å²) in [5.74, 6) is 0. The molecule has 0 aliphatic rings. The molecule has 0 heterocycles. The Bertz CT molecular complexity index is 273. The highest BCUT2D eigenvalue weighted by atomic mass is 127. The van der Waals surface area contributed by atoms with E-state index in [9.17, 15) is 0 Å². The zero-order valence-corrected chi connectivity index (χ0v) is 7.95. The molecule has 2 nitrogen and oxygen atoms in total. The molecule has 0 aromatic heterocycles. The third-order valence-electron chi connectivity index (χ3n) is 1.37. The maximum Gasteiger partial charge on any atom is 0.118 e. The predicted molar refractivity (Wildman–Crippen MR) is 51.7 cm³/mol. The van der Waals surface area contributed by atoms with Gasteiger partial charge in [-0.2, -0.15) is 5.26 Å². The van der Waals surface area contributed by atoms with E-state index in [1.807, 2.05) is 30.3 Å². The monoisotopic (exact) mass is 258 g/mol. The summed E-state index contributed by atoms with van der Waals surface area (Å²) in [6.45, 7) is 0. The predicted octanol–water partition coefficient (Wildman–Crippen LogP) is 1.81. The van der Waals surface area contributed by atoms with Gasteiger partial charge in [0.1, 0.15) is 6.04 Å². The van der Waals surface area contributed by atoms with Gasteiger partial charge in [-0.25, -0.2) is 0 Å². The van der Waals surface area contributed by atoms with Crippen LogP contribution in [0.25, 0.3) is 0 Å². The maximum atomic E-state index is 8.48. The largest absolute Gasteiger partial charge is 0.312 e. The Morgan fingerprint density at radius 3 is 2.36 bits per heavy atom. The zero-order chi connectivity index (χ0) is 8.27. The lowest BCUT2D eigenvalue weighted by molar-refractivity contribution is 0.926. The van der Waals surface area contributed by atoms with Crippen LogP contribution < -0.4 is 5.73 Å². The molecular weight excluding hydrogens is 251 g/mol. The van der Waals surface area contributed by atoms with Gasteiger partial charge in [0.2, 0.25) is 0 Å². The van der Waals surface area contributed by atoms with Crippen molar-refractivity contribution in [2.45, 2.75) is 6.04 Å². The third-order valence-corrected chi connectivity index (χ3v) is 2.09. The summed E-state index contributed by atoms with van der Waals surface area (Å²) in [7, 11) is 0. The van der Waals surface area contributed by atoms with Crippen LogP contribution in [0.4, 0.5) is 0 Å². The van der Waals surface area contributed by atoms with Crippen molar-refractivity contribution in [3.8, 4) is 6.07 Å². The lowest BCUT2D eigenvalue weighted by Gasteiger charge is -2.01. The van der Waals surface area contributed by atoms with Gasteiger partial charge < -0.3 is 5.73 Å². The first-order valence-corrected chi connectivity index (χ1v) is 4.22. The van der Waals surface area contributed by atoms with Crippen LogP contribution in [0.15, 0.2) is 24.3 Å². The number of nitrogens with two attached hydrogens (primary N) is 1. The molecule has 0 radical (unpaired) electrons. The molecule has 0 saturated heterocycles. The van der Waals surface area contributed by atoms with E-state index in [0.29, 0.717) is 0 Å². The quantitative estimate of drug-likeness (QED) is 0.781. The Labute approximate surface area is 79.2 Å². The van der Waals surface area contributed by atoms with Crippen LogP contribution in [0.1, 0.15) is 11.6 Å². The van der Waals surface area contributed by atoms with Gasteiger partial charge in [-0.05, 0) is 40.3 Å². The van der Waals surface area contributed by atoms with Crippen LogP contribution >= 0.6 is 22.6 Å². The van der Waals surface area contributed by atoms with Crippen LogP contribution in [0.3, 0.4) is 0 Å². The first-order chi connectivity index (χ1) is 5.24. The summed E-state index contributed by atoms with van der Waals surface area (Å²) in [4.78, 5) is 0. The molecule has 0 aliphatic carbocycles. The van der Waals surface area contributed by atoms with Crippen molar-refractivity contribution in [3.63, 3.8) is 0 Å². The molecule has 0 amide bonds. The molecule has 0 saturated carbocycles. The molecule has 0 unspecified atom stereocenters. The van der Waals surface area contributed by atoms with Gasteiger partial charge in [-0.15, -0.1) is 0 Å². The average molecular weight is 258 g/mol. The van der Waals surface area contributed by atoms with E-state index in [1.54, 1.807) is 0 Å². The fourth-order valence-electron chi connectivity index (χ4n) is 0.745. The molecule has 1 atom stereocenters. The molecule has 11 heavy (non-hydrogen) atoms. The second-order valence-electron chi connectivity index (χ2n) is 2.16. The number of halogens is 1. The molecule has 0 spiro atoms. The van der Waals surface area contributed by atoms with Gasteiger partial charge in [-0.3, -0.25) is 0 Å². The van der Waals surface area contributed by atoms with Crippen molar-refractivity contribution in [1.29, 1.82) is 5.26 Å². The van der Waals surface area contributed by atoms with Crippen molar-refractivity contribution in [1.82, 2.24) is 0 Å². The smallest absolute Gasteiger partial charge is 0.118 e. The minimum atomic E-state index is -0.494. The lowest BCUT2D eigenvalue weighted by atomic mass is 10.1. The Morgan fingerprint density at radius 1 is 1.36 bits per heavy atom. The van der Waals surface area contributed by atoms with Gasteiger partial charge in [-0.1, -0.05) is 12.1 Å². The Morgan fingerprint density at radius 2 is 1.91 bits per heavy atom. The average Bonchev–Trinajstić information content (AvgIpc) is 2.05. The van der Waals surface area contributed by atoms with Crippen LogP contribution in [0.2, 0.25) is 0 Å². The standard InChI is InChI=1S/C8H7IN2/c9-7-3-1-6(2-4-7)8(11)5-10/h1-4,8H,11H2/t8-/m0/s1. The highest BCUT2D eigenvalue weighted by Gasteiger charge is 2.01. The molecule has 1 aromatic carbocycles. The third kappa shape index (κ3) is 2.17. The number of rotatable bonds is 1. The van der Waals surface area contributed by atoms with Gasteiger partial charge in [0.25, 0.3) is 0 Å². The molecular formula is C8H7IN2. The van der Waals surface area contributed by atoms with Crippen LogP contribution in [-0.4, -0.2) is 0 Å². The number of hydrogen-bond acceptors (Lipinski definition) is 2. The van der Waals surface area contributed by atoms with Crippen molar-refractivity contribution in [2.75, 3.05) is 0 Å². The van der Waals surface area contributed by atoms with Crippen molar-refractivity contribution in [2.24, 2.45) is 5.73 Å². The number of hydrogen-bond donors (Lipinski definition) is 1. The lowest BCUT2D eigenvalue weighted by Crippen LogP contribution is -2.06. The topological polar surface area (TPSA) is 49.8 Å². The first-order valence-electron chi connectivity index (χ1n) is 3.14. The normalized spacial score (nSPS) is 12.1. The highest BCUT2D eigenvalue weighted by molar-refractivity contribution is 14.1. The second kappa shape index (κ2) is 3.69. The molecule has 1 rings (SSSR count). The second-order valence-corrected chi connectivity index (χ2v) is 3.40. The maximum absolute atomic E-state index is 8.48. The Balaban J connectivity index is 2.92. The van der Waals surface area contributed by atoms with Gasteiger partial charge in [0, 0.05) is 3.57 Å². The fraction of sp³-hybridized carbons (Fsp3) is 0.125. The van der Waals surface area contributed by atoms with E-state index in [0.717, 1.165) is 9.13 Å². The van der Waals surface area contributed by atoms with E-state index in [4.69, 9.17) is 11.0 Å². The first kappa shape index (κ1) is 8.50. The van der Waals surface area contributed by atoms with Gasteiger partial charge in [0.05, 0.1) is 6.07 Å². The van der Waals surface area contributed by atoms with Gasteiger partial charge >= 0.3 is 0 Å². The van der Waals surface area contributed by atoms with Crippen LogP contribution in [-0.2, 0) is 0 Å². The zero-order valence-electron chi connectivity index (χ0n) is 5.79. The Kier molecular flexibility index (Phi) is 2.85. The number of benzene rings is 1. The van der Waals surface area contributed by atoms with E-state index in [2.05, 4.69) is 22.6 Å². The van der Waals surface area contributed by atoms with E-state index in [1.165, 1.54) is 0 Å². The molecule has 56 valence electrons. The van der Waals surface area contributed by atoms with E-state index in [-0.39, 0.29) is 0 Å². The minimum Gasteiger partial charge on any atom is -0.312 e. The molecule has 0 bridgehead atoms. The summed E-state index contributed by atoms with van der Waals surface area (Å²) in [5, 5.41) is 8.48. The summed E-state index contributed by atoms with van der Waals surface area (Å²) < 4.78 is 1.15. The number of nitriles is 1. The van der Waals surface area contributed by atoms with Crippen molar-refractivity contribution >= 4 is 22.6 Å². The molecule has 0 aliphatic heterocycles. The van der Waals surface area contributed by atoms with Gasteiger partial charge in [0.15, 0.2) is 0 Å². The van der Waals surface area contributed by atoms with Crippen LogP contribution in [0.5, 0.6) is 0 Å². The fourth-order valence-corrected chi connectivity index (χ4v) is 1.10. The molecule has 2 N–H and O–H groups in total. The molecule has 1 aromatic rings. The Hall–Kier alpha value is -0.600.